The monoisotopic (exact) mass is 467 g/mol. The van der Waals surface area contributed by atoms with Crippen LogP contribution in [-0.2, 0) is 16.0 Å². The Morgan fingerprint density at radius 2 is 1.97 bits per heavy atom. The van der Waals surface area contributed by atoms with Crippen molar-refractivity contribution in [2.24, 2.45) is 0 Å². The predicted octanol–water partition coefficient (Wildman–Crippen LogP) is 4.44. The fraction of sp³-hybridized carbons (Fsp3) is 0.423. The van der Waals surface area contributed by atoms with Crippen LogP contribution in [0.25, 0.3) is 10.9 Å². The Kier molecular flexibility index (Phi) is 6.43. The topological polar surface area (TPSA) is 75.5 Å². The zero-order valence-corrected chi connectivity index (χ0v) is 19.5. The van der Waals surface area contributed by atoms with Gasteiger partial charge < -0.3 is 14.4 Å². The number of hydrogen-bond acceptors (Lipinski definition) is 4. The summed E-state index contributed by atoms with van der Waals surface area (Å²) < 4.78 is 8.43. The van der Waals surface area contributed by atoms with E-state index in [1.165, 1.54) is 30.9 Å². The Hall–Kier alpha value is -2.38. The van der Waals surface area contributed by atoms with Gasteiger partial charge in [-0.2, -0.15) is 0 Å². The molecule has 1 saturated heterocycles. The lowest BCUT2D eigenvalue weighted by Gasteiger charge is -2.34. The highest BCUT2D eigenvalue weighted by Crippen LogP contribution is 2.40. The number of halogens is 1. The van der Waals surface area contributed by atoms with E-state index >= 15 is 0 Å². The molecule has 1 aliphatic carbocycles. The molecule has 7 heteroatoms. The number of nitrogens with one attached hydrogen (secondary N) is 2. The SMILES string of the molecule is CC(=O)NNCC1CC(O)CC(n2cc(Cc3ccc(C4CC4)cc3)c3c(Cl)cccc32)O1. The van der Waals surface area contributed by atoms with Crippen molar-refractivity contribution in [2.45, 2.75) is 63.4 Å². The lowest BCUT2D eigenvalue weighted by atomic mass is 10.0. The first-order valence-corrected chi connectivity index (χ1v) is 12.1. The molecule has 2 aliphatic rings. The molecule has 6 nitrogen and oxygen atoms in total. The molecule has 3 atom stereocenters. The van der Waals surface area contributed by atoms with Gasteiger partial charge in [-0.15, -0.1) is 0 Å². The quantitative estimate of drug-likeness (QED) is 0.449. The minimum atomic E-state index is -0.483. The van der Waals surface area contributed by atoms with Crippen molar-refractivity contribution >= 4 is 28.4 Å². The number of aromatic nitrogens is 1. The van der Waals surface area contributed by atoms with E-state index in [4.69, 9.17) is 16.3 Å². The van der Waals surface area contributed by atoms with E-state index in [0.29, 0.717) is 19.4 Å². The number of hydrogen-bond donors (Lipinski definition) is 3. The van der Waals surface area contributed by atoms with Crippen LogP contribution in [0.4, 0.5) is 0 Å². The number of ether oxygens (including phenoxy) is 1. The van der Waals surface area contributed by atoms with Gasteiger partial charge in [-0.3, -0.25) is 10.2 Å². The van der Waals surface area contributed by atoms with Crippen LogP contribution in [0, 0.1) is 0 Å². The van der Waals surface area contributed by atoms with Gasteiger partial charge in [-0.05, 0) is 54.0 Å². The number of hydrazine groups is 1. The van der Waals surface area contributed by atoms with Crippen LogP contribution in [0.3, 0.4) is 0 Å². The molecule has 0 radical (unpaired) electrons. The van der Waals surface area contributed by atoms with Crippen LogP contribution in [0.2, 0.25) is 5.02 Å². The zero-order valence-electron chi connectivity index (χ0n) is 18.8. The highest BCUT2D eigenvalue weighted by atomic mass is 35.5. The first kappa shape index (κ1) is 22.4. The second-order valence-electron chi connectivity index (χ2n) is 9.29. The maximum absolute atomic E-state index is 11.1. The van der Waals surface area contributed by atoms with Crippen LogP contribution in [0.5, 0.6) is 0 Å². The minimum absolute atomic E-state index is 0.163. The molecule has 3 aromatic rings. The lowest BCUT2D eigenvalue weighted by molar-refractivity contribution is -0.128. The molecule has 1 saturated carbocycles. The third-order valence-corrected chi connectivity index (χ3v) is 6.89. The first-order valence-electron chi connectivity index (χ1n) is 11.7. The zero-order chi connectivity index (χ0) is 22.9. The van der Waals surface area contributed by atoms with Crippen LogP contribution < -0.4 is 10.9 Å². The molecule has 33 heavy (non-hydrogen) atoms. The highest BCUT2D eigenvalue weighted by Gasteiger charge is 2.31. The maximum Gasteiger partial charge on any atom is 0.230 e. The Balaban J connectivity index is 1.41. The number of amides is 1. The molecular weight excluding hydrogens is 438 g/mol. The van der Waals surface area contributed by atoms with Crippen molar-refractivity contribution in [1.29, 1.82) is 0 Å². The Morgan fingerprint density at radius 3 is 2.70 bits per heavy atom. The summed E-state index contributed by atoms with van der Waals surface area (Å²) in [7, 11) is 0. The first-order chi connectivity index (χ1) is 16.0. The predicted molar refractivity (Wildman–Crippen MR) is 129 cm³/mol. The van der Waals surface area contributed by atoms with Gasteiger partial charge in [0.2, 0.25) is 5.91 Å². The number of carbonyl (C=O) groups excluding carboxylic acids is 1. The summed E-state index contributed by atoms with van der Waals surface area (Å²) in [5, 5.41) is 12.3. The average molecular weight is 468 g/mol. The second-order valence-corrected chi connectivity index (χ2v) is 9.70. The minimum Gasteiger partial charge on any atom is -0.393 e. The third-order valence-electron chi connectivity index (χ3n) is 6.57. The maximum atomic E-state index is 11.1. The highest BCUT2D eigenvalue weighted by molar-refractivity contribution is 6.35. The van der Waals surface area contributed by atoms with Crippen LogP contribution in [-0.4, -0.2) is 34.3 Å². The smallest absolute Gasteiger partial charge is 0.230 e. The number of rotatable bonds is 7. The lowest BCUT2D eigenvalue weighted by Crippen LogP contribution is -2.45. The average Bonchev–Trinajstić information content (AvgIpc) is 3.56. The van der Waals surface area contributed by atoms with Crippen LogP contribution in [0.1, 0.15) is 61.4 Å². The standard InChI is InChI=1S/C26H30ClN3O3/c1-16(31)29-28-14-22-12-21(32)13-25(33-22)30-15-20(26-23(27)3-2-4-24(26)30)11-17-5-7-18(8-6-17)19-9-10-19/h2-8,15,19,21-22,25,28,32H,9-14H2,1H3,(H,29,31). The Morgan fingerprint density at radius 1 is 1.18 bits per heavy atom. The van der Waals surface area contributed by atoms with Gasteiger partial charge in [0, 0.05) is 37.9 Å². The number of benzene rings is 2. The molecule has 1 amide bonds. The number of nitrogens with zero attached hydrogens (tertiary/aromatic N) is 1. The Labute approximate surface area is 198 Å². The van der Waals surface area contributed by atoms with Gasteiger partial charge in [0.25, 0.3) is 0 Å². The van der Waals surface area contributed by atoms with E-state index in [9.17, 15) is 9.90 Å². The van der Waals surface area contributed by atoms with E-state index in [1.54, 1.807) is 0 Å². The largest absolute Gasteiger partial charge is 0.393 e. The normalized spacial score (nSPS) is 23.1. The summed E-state index contributed by atoms with van der Waals surface area (Å²) in [5.41, 5.74) is 10.3. The molecule has 1 aromatic heterocycles. The fourth-order valence-corrected chi connectivity index (χ4v) is 5.12. The molecular formula is C26H30ClN3O3. The van der Waals surface area contributed by atoms with Crippen LogP contribution >= 0.6 is 11.6 Å². The molecule has 3 unspecified atom stereocenters. The van der Waals surface area contributed by atoms with E-state index in [-0.39, 0.29) is 18.2 Å². The molecule has 0 bridgehead atoms. The number of fused-ring (bicyclic) bond motifs is 1. The molecule has 5 rings (SSSR count). The van der Waals surface area contributed by atoms with E-state index in [1.807, 2.05) is 12.1 Å². The van der Waals surface area contributed by atoms with Crippen molar-refractivity contribution in [3.8, 4) is 0 Å². The van der Waals surface area contributed by atoms with E-state index in [0.717, 1.165) is 33.8 Å². The molecule has 1 aliphatic heterocycles. The molecule has 0 spiro atoms. The van der Waals surface area contributed by atoms with E-state index in [2.05, 4.69) is 51.9 Å². The van der Waals surface area contributed by atoms with Gasteiger partial charge in [0.05, 0.1) is 22.7 Å². The Bertz CT molecular complexity index is 1140. The van der Waals surface area contributed by atoms with Crippen molar-refractivity contribution in [2.75, 3.05) is 6.54 Å². The molecule has 2 aromatic carbocycles. The summed E-state index contributed by atoms with van der Waals surface area (Å²) in [6.45, 7) is 1.87. The van der Waals surface area contributed by atoms with Crippen molar-refractivity contribution in [3.63, 3.8) is 0 Å². The van der Waals surface area contributed by atoms with Gasteiger partial charge in [0.1, 0.15) is 6.23 Å². The molecule has 2 heterocycles. The third kappa shape index (κ3) is 5.09. The number of aliphatic hydroxyl groups excluding tert-OH is 1. The number of aliphatic hydroxyl groups is 1. The number of carbonyl (C=O) groups is 1. The van der Waals surface area contributed by atoms with Crippen molar-refractivity contribution < 1.29 is 14.6 Å². The summed E-state index contributed by atoms with van der Waals surface area (Å²) in [5.74, 6) is 0.585. The van der Waals surface area contributed by atoms with Crippen LogP contribution in [0.15, 0.2) is 48.7 Å². The summed E-state index contributed by atoms with van der Waals surface area (Å²) >= 11 is 6.66. The summed E-state index contributed by atoms with van der Waals surface area (Å²) in [6.07, 6.45) is 5.50. The molecule has 174 valence electrons. The van der Waals surface area contributed by atoms with E-state index < -0.39 is 6.10 Å². The fourth-order valence-electron chi connectivity index (χ4n) is 4.83. The summed E-state index contributed by atoms with van der Waals surface area (Å²) in [6, 6.07) is 14.9. The van der Waals surface area contributed by atoms with Gasteiger partial charge in [-0.25, -0.2) is 5.43 Å². The van der Waals surface area contributed by atoms with Crippen molar-refractivity contribution in [1.82, 2.24) is 15.4 Å². The summed E-state index contributed by atoms with van der Waals surface area (Å²) in [4.78, 5) is 11.1. The van der Waals surface area contributed by atoms with Gasteiger partial charge in [-0.1, -0.05) is 41.9 Å². The van der Waals surface area contributed by atoms with Crippen molar-refractivity contribution in [3.05, 3.63) is 70.4 Å². The second kappa shape index (κ2) is 9.47. The molecule has 2 fully saturated rings. The molecule has 3 N–H and O–H groups in total. The van der Waals surface area contributed by atoms with Gasteiger partial charge in [0.15, 0.2) is 0 Å². The van der Waals surface area contributed by atoms with Gasteiger partial charge >= 0.3 is 0 Å².